The number of H-pyrrole nitrogens is 1. The van der Waals surface area contributed by atoms with Gasteiger partial charge in [0.2, 0.25) is 5.12 Å². The van der Waals surface area contributed by atoms with Crippen LogP contribution in [0.25, 0.3) is 21.8 Å². The predicted octanol–water partition coefficient (Wildman–Crippen LogP) is 5.23. The van der Waals surface area contributed by atoms with E-state index < -0.39 is 0 Å². The van der Waals surface area contributed by atoms with Crippen LogP contribution in [0.15, 0.2) is 65.8 Å². The fourth-order valence-electron chi connectivity index (χ4n) is 2.63. The van der Waals surface area contributed by atoms with Gasteiger partial charge in [-0.3, -0.25) is 4.79 Å². The molecule has 0 amide bonds. The number of nitrogens with zero attached hydrogens (tertiary/aromatic N) is 1. The summed E-state index contributed by atoms with van der Waals surface area (Å²) >= 11 is 7.00. The molecule has 1 aromatic heterocycles. The van der Waals surface area contributed by atoms with Crippen LogP contribution in [0.4, 0.5) is 0 Å². The number of thioether (sulfide) groups is 1. The standard InChI is InChI=1S/C19H13ClN2OS/c20-15-7-5-12(6-8-15)9-18(23)24-19-21-16-10-13-3-1-2-4-14(13)11-17(16)22-19/h1-8,10-11H,9H2,(H,21,22). The van der Waals surface area contributed by atoms with Crippen molar-refractivity contribution >= 4 is 50.3 Å². The summed E-state index contributed by atoms with van der Waals surface area (Å²) in [4.78, 5) is 20.0. The van der Waals surface area contributed by atoms with Crippen LogP contribution in [0.1, 0.15) is 5.56 Å². The van der Waals surface area contributed by atoms with Crippen molar-refractivity contribution < 1.29 is 4.79 Å². The Hall–Kier alpha value is -2.30. The maximum absolute atomic E-state index is 12.2. The highest BCUT2D eigenvalue weighted by atomic mass is 35.5. The molecule has 0 atom stereocenters. The number of fused-ring (bicyclic) bond motifs is 2. The van der Waals surface area contributed by atoms with E-state index in [2.05, 4.69) is 28.2 Å². The van der Waals surface area contributed by atoms with Crippen molar-refractivity contribution in [1.29, 1.82) is 0 Å². The zero-order valence-corrected chi connectivity index (χ0v) is 14.2. The van der Waals surface area contributed by atoms with Gasteiger partial charge in [-0.25, -0.2) is 4.98 Å². The average molecular weight is 353 g/mol. The Bertz CT molecular complexity index is 988. The molecule has 0 saturated heterocycles. The number of benzene rings is 3. The van der Waals surface area contributed by atoms with Gasteiger partial charge in [0.25, 0.3) is 0 Å². The quantitative estimate of drug-likeness (QED) is 0.513. The minimum absolute atomic E-state index is 0.0425. The summed E-state index contributed by atoms with van der Waals surface area (Å²) in [5.74, 6) is 0. The van der Waals surface area contributed by atoms with E-state index in [9.17, 15) is 4.79 Å². The fourth-order valence-corrected chi connectivity index (χ4v) is 3.52. The number of hydrogen-bond acceptors (Lipinski definition) is 3. The Labute approximate surface area is 148 Å². The van der Waals surface area contributed by atoms with Gasteiger partial charge in [0.05, 0.1) is 11.0 Å². The highest BCUT2D eigenvalue weighted by Crippen LogP contribution is 2.25. The first-order valence-corrected chi connectivity index (χ1v) is 8.70. The lowest BCUT2D eigenvalue weighted by molar-refractivity contribution is -0.110. The van der Waals surface area contributed by atoms with Crippen molar-refractivity contribution in [1.82, 2.24) is 9.97 Å². The van der Waals surface area contributed by atoms with E-state index in [1.54, 1.807) is 12.1 Å². The summed E-state index contributed by atoms with van der Waals surface area (Å²) in [6.07, 6.45) is 0.348. The highest BCUT2D eigenvalue weighted by molar-refractivity contribution is 8.13. The Morgan fingerprint density at radius 2 is 1.75 bits per heavy atom. The Kier molecular flexibility index (Phi) is 4.00. The minimum atomic E-state index is 0.0425. The van der Waals surface area contributed by atoms with Crippen LogP contribution in [-0.2, 0) is 11.2 Å². The zero-order valence-electron chi connectivity index (χ0n) is 12.6. The largest absolute Gasteiger partial charge is 0.333 e. The number of aromatic nitrogens is 2. The molecular weight excluding hydrogens is 340 g/mol. The lowest BCUT2D eigenvalue weighted by atomic mass is 10.1. The lowest BCUT2D eigenvalue weighted by Gasteiger charge is -1.99. The molecule has 24 heavy (non-hydrogen) atoms. The van der Waals surface area contributed by atoms with Gasteiger partial charge in [-0.05, 0) is 52.4 Å². The van der Waals surface area contributed by atoms with Crippen molar-refractivity contribution in [3.05, 3.63) is 71.2 Å². The molecule has 0 unspecified atom stereocenters. The number of halogens is 1. The van der Waals surface area contributed by atoms with Crippen LogP contribution < -0.4 is 0 Å². The molecule has 4 aromatic rings. The number of carbonyl (C=O) groups excluding carboxylic acids is 1. The topological polar surface area (TPSA) is 45.8 Å². The van der Waals surface area contributed by atoms with E-state index >= 15 is 0 Å². The van der Waals surface area contributed by atoms with E-state index in [0.717, 1.165) is 39.1 Å². The van der Waals surface area contributed by atoms with Crippen LogP contribution in [0.3, 0.4) is 0 Å². The molecule has 5 heteroatoms. The number of aromatic amines is 1. The van der Waals surface area contributed by atoms with Crippen molar-refractivity contribution in [3.8, 4) is 0 Å². The first-order valence-electron chi connectivity index (χ1n) is 7.51. The van der Waals surface area contributed by atoms with Crippen LogP contribution in [0.2, 0.25) is 5.02 Å². The molecule has 0 aliphatic rings. The van der Waals surface area contributed by atoms with Gasteiger partial charge in [-0.1, -0.05) is 48.0 Å². The second-order valence-corrected chi connectivity index (χ2v) is 7.02. The van der Waals surface area contributed by atoms with Gasteiger partial charge in [0.1, 0.15) is 0 Å². The monoisotopic (exact) mass is 352 g/mol. The van der Waals surface area contributed by atoms with Crippen molar-refractivity contribution in [2.45, 2.75) is 11.6 Å². The summed E-state index contributed by atoms with van der Waals surface area (Å²) in [6.45, 7) is 0. The number of imidazole rings is 1. The molecule has 0 aliphatic carbocycles. The number of nitrogens with one attached hydrogen (secondary N) is 1. The average Bonchev–Trinajstić information content (AvgIpc) is 2.95. The summed E-state index contributed by atoms with van der Waals surface area (Å²) in [5, 5.41) is 3.63. The molecule has 3 nitrogen and oxygen atoms in total. The number of rotatable bonds is 3. The molecule has 1 heterocycles. The first-order chi connectivity index (χ1) is 11.7. The highest BCUT2D eigenvalue weighted by Gasteiger charge is 2.11. The third-order valence-electron chi connectivity index (χ3n) is 3.80. The smallest absolute Gasteiger partial charge is 0.200 e. The molecule has 0 radical (unpaired) electrons. The summed E-state index contributed by atoms with van der Waals surface area (Å²) in [7, 11) is 0. The van der Waals surface area contributed by atoms with Crippen molar-refractivity contribution in [3.63, 3.8) is 0 Å². The third-order valence-corrected chi connectivity index (χ3v) is 4.81. The van der Waals surface area contributed by atoms with E-state index in [1.807, 2.05) is 30.3 Å². The molecular formula is C19H13ClN2OS. The Morgan fingerprint density at radius 3 is 2.50 bits per heavy atom. The molecule has 1 N–H and O–H groups in total. The molecule has 0 spiro atoms. The van der Waals surface area contributed by atoms with Gasteiger partial charge in [0, 0.05) is 11.4 Å². The number of carbonyl (C=O) groups is 1. The van der Waals surface area contributed by atoms with Crippen molar-refractivity contribution in [2.75, 3.05) is 0 Å². The van der Waals surface area contributed by atoms with Gasteiger partial charge in [-0.15, -0.1) is 0 Å². The van der Waals surface area contributed by atoms with Gasteiger partial charge < -0.3 is 4.98 Å². The molecule has 0 saturated carbocycles. The van der Waals surface area contributed by atoms with E-state index in [0.29, 0.717) is 16.6 Å². The normalized spacial score (nSPS) is 11.2. The molecule has 0 fully saturated rings. The first kappa shape index (κ1) is 15.2. The molecule has 4 rings (SSSR count). The molecule has 0 bridgehead atoms. The predicted molar refractivity (Wildman–Crippen MR) is 99.6 cm³/mol. The van der Waals surface area contributed by atoms with Crippen molar-refractivity contribution in [2.24, 2.45) is 0 Å². The second kappa shape index (κ2) is 6.30. The SMILES string of the molecule is O=C(Cc1ccc(Cl)cc1)Sc1nc2cc3ccccc3cc2[nH]1. The van der Waals surface area contributed by atoms with E-state index in [-0.39, 0.29) is 5.12 Å². The summed E-state index contributed by atoms with van der Waals surface area (Å²) in [5.41, 5.74) is 2.75. The molecule has 118 valence electrons. The Morgan fingerprint density at radius 1 is 1.04 bits per heavy atom. The Balaban J connectivity index is 1.56. The van der Waals surface area contributed by atoms with Crippen LogP contribution in [0, 0.1) is 0 Å². The third kappa shape index (κ3) is 3.16. The molecule has 3 aromatic carbocycles. The van der Waals surface area contributed by atoms with Crippen LogP contribution >= 0.6 is 23.4 Å². The molecule has 0 aliphatic heterocycles. The van der Waals surface area contributed by atoms with Gasteiger partial charge in [0.15, 0.2) is 5.16 Å². The van der Waals surface area contributed by atoms with E-state index in [4.69, 9.17) is 11.6 Å². The minimum Gasteiger partial charge on any atom is -0.333 e. The fraction of sp³-hybridized carbons (Fsp3) is 0.0526. The maximum Gasteiger partial charge on any atom is 0.200 e. The zero-order chi connectivity index (χ0) is 16.5. The summed E-state index contributed by atoms with van der Waals surface area (Å²) in [6, 6.07) is 19.6. The van der Waals surface area contributed by atoms with Crippen LogP contribution in [-0.4, -0.2) is 15.1 Å². The second-order valence-electron chi connectivity index (χ2n) is 5.54. The summed E-state index contributed by atoms with van der Waals surface area (Å²) < 4.78 is 0. The van der Waals surface area contributed by atoms with Gasteiger partial charge >= 0.3 is 0 Å². The lowest BCUT2D eigenvalue weighted by Crippen LogP contribution is -1.97. The number of hydrogen-bond donors (Lipinski definition) is 1. The van der Waals surface area contributed by atoms with Gasteiger partial charge in [-0.2, -0.15) is 0 Å². The van der Waals surface area contributed by atoms with E-state index in [1.165, 1.54) is 0 Å². The van der Waals surface area contributed by atoms with Crippen LogP contribution in [0.5, 0.6) is 0 Å². The maximum atomic E-state index is 12.2.